The molecule has 2 rings (SSSR count). The number of rotatable bonds is 6. The van der Waals surface area contributed by atoms with E-state index in [0.717, 1.165) is 44.3 Å². The monoisotopic (exact) mass is 344 g/mol. The molecule has 2 N–H and O–H groups in total. The maximum atomic E-state index is 12.6. The number of hydrogen-bond donors (Lipinski definition) is 2. The number of unbranched alkanes of at least 4 members (excludes halogenated alkanes) is 1. The SMILES string of the molecule is CCCCNC(=O)c1cc(C2CCNCC2)ccc1OC(F)(F)F. The Labute approximate surface area is 139 Å². The largest absolute Gasteiger partial charge is 0.573 e. The number of halogens is 3. The first-order chi connectivity index (χ1) is 11.4. The van der Waals surface area contributed by atoms with E-state index in [-0.39, 0.29) is 11.5 Å². The molecule has 1 aliphatic rings. The number of hydrogen-bond acceptors (Lipinski definition) is 3. The lowest BCUT2D eigenvalue weighted by molar-refractivity contribution is -0.274. The fourth-order valence-electron chi connectivity index (χ4n) is 2.82. The summed E-state index contributed by atoms with van der Waals surface area (Å²) in [6.07, 6.45) is -1.36. The van der Waals surface area contributed by atoms with Crippen molar-refractivity contribution in [2.75, 3.05) is 19.6 Å². The third kappa shape index (κ3) is 5.40. The Morgan fingerprint density at radius 2 is 2.04 bits per heavy atom. The van der Waals surface area contributed by atoms with Gasteiger partial charge in [-0.15, -0.1) is 13.2 Å². The molecule has 1 saturated heterocycles. The Morgan fingerprint density at radius 1 is 1.33 bits per heavy atom. The van der Waals surface area contributed by atoms with Gasteiger partial charge >= 0.3 is 6.36 Å². The number of alkyl halides is 3. The Hall–Kier alpha value is -1.76. The van der Waals surface area contributed by atoms with Crippen LogP contribution in [0.3, 0.4) is 0 Å². The molecule has 24 heavy (non-hydrogen) atoms. The molecule has 0 atom stereocenters. The van der Waals surface area contributed by atoms with Crippen LogP contribution in [-0.2, 0) is 0 Å². The maximum absolute atomic E-state index is 12.6. The minimum atomic E-state index is -4.82. The van der Waals surface area contributed by atoms with Gasteiger partial charge in [0.1, 0.15) is 5.75 Å². The smallest absolute Gasteiger partial charge is 0.405 e. The van der Waals surface area contributed by atoms with Crippen molar-refractivity contribution in [3.63, 3.8) is 0 Å². The van der Waals surface area contributed by atoms with Crippen LogP contribution in [0.25, 0.3) is 0 Å². The van der Waals surface area contributed by atoms with Crippen LogP contribution in [0.4, 0.5) is 13.2 Å². The summed E-state index contributed by atoms with van der Waals surface area (Å²) in [6.45, 7) is 4.13. The zero-order valence-electron chi connectivity index (χ0n) is 13.7. The van der Waals surface area contributed by atoms with E-state index in [4.69, 9.17) is 0 Å². The van der Waals surface area contributed by atoms with Crippen LogP contribution in [0.1, 0.15) is 54.4 Å². The number of ether oxygens (including phenoxy) is 1. The molecule has 1 aliphatic heterocycles. The zero-order valence-corrected chi connectivity index (χ0v) is 13.7. The number of amides is 1. The lowest BCUT2D eigenvalue weighted by Crippen LogP contribution is -2.28. The molecule has 134 valence electrons. The summed E-state index contributed by atoms with van der Waals surface area (Å²) in [5.41, 5.74) is 0.825. The van der Waals surface area contributed by atoms with Crippen molar-refractivity contribution in [2.45, 2.75) is 44.9 Å². The van der Waals surface area contributed by atoms with Gasteiger partial charge in [0, 0.05) is 6.54 Å². The topological polar surface area (TPSA) is 50.4 Å². The molecule has 7 heteroatoms. The summed E-state index contributed by atoms with van der Waals surface area (Å²) in [7, 11) is 0. The van der Waals surface area contributed by atoms with Crippen molar-refractivity contribution in [1.29, 1.82) is 0 Å². The summed E-state index contributed by atoms with van der Waals surface area (Å²) in [6, 6.07) is 4.41. The van der Waals surface area contributed by atoms with Gasteiger partial charge in [-0.2, -0.15) is 0 Å². The molecule has 1 heterocycles. The molecule has 1 amide bonds. The van der Waals surface area contributed by atoms with Crippen molar-refractivity contribution >= 4 is 5.91 Å². The van der Waals surface area contributed by atoms with Crippen molar-refractivity contribution in [3.05, 3.63) is 29.3 Å². The minimum absolute atomic E-state index is 0.0561. The van der Waals surface area contributed by atoms with Crippen molar-refractivity contribution in [2.24, 2.45) is 0 Å². The van der Waals surface area contributed by atoms with Crippen LogP contribution in [0.5, 0.6) is 5.75 Å². The molecule has 0 aliphatic carbocycles. The lowest BCUT2D eigenvalue weighted by Gasteiger charge is -2.24. The van der Waals surface area contributed by atoms with Gasteiger partial charge in [-0.25, -0.2) is 0 Å². The second-order valence-electron chi connectivity index (χ2n) is 5.94. The molecule has 1 fully saturated rings. The predicted octanol–water partition coefficient (Wildman–Crippen LogP) is 3.58. The van der Waals surface area contributed by atoms with E-state index in [9.17, 15) is 18.0 Å². The molecule has 0 radical (unpaired) electrons. The fraction of sp³-hybridized carbons (Fsp3) is 0.588. The lowest BCUT2D eigenvalue weighted by atomic mass is 9.89. The molecule has 0 aromatic heterocycles. The van der Waals surface area contributed by atoms with Gasteiger partial charge in [0.05, 0.1) is 5.56 Å². The first-order valence-electron chi connectivity index (χ1n) is 8.29. The highest BCUT2D eigenvalue weighted by Gasteiger charge is 2.33. The van der Waals surface area contributed by atoms with E-state index >= 15 is 0 Å². The van der Waals surface area contributed by atoms with E-state index in [1.165, 1.54) is 6.07 Å². The van der Waals surface area contributed by atoms with E-state index in [1.807, 2.05) is 6.92 Å². The van der Waals surface area contributed by atoms with Crippen LogP contribution in [0.15, 0.2) is 18.2 Å². The highest BCUT2D eigenvalue weighted by molar-refractivity contribution is 5.97. The molecule has 1 aromatic rings. The summed E-state index contributed by atoms with van der Waals surface area (Å²) in [5.74, 6) is -0.735. The number of benzene rings is 1. The second-order valence-corrected chi connectivity index (χ2v) is 5.94. The molecule has 0 saturated carbocycles. The quantitative estimate of drug-likeness (QED) is 0.776. The van der Waals surface area contributed by atoms with Crippen LogP contribution in [0.2, 0.25) is 0 Å². The Morgan fingerprint density at radius 3 is 2.67 bits per heavy atom. The summed E-state index contributed by atoms with van der Waals surface area (Å²) < 4.78 is 41.8. The maximum Gasteiger partial charge on any atom is 0.573 e. The average molecular weight is 344 g/mol. The van der Waals surface area contributed by atoms with Crippen molar-refractivity contribution < 1.29 is 22.7 Å². The second kappa shape index (κ2) is 8.37. The van der Waals surface area contributed by atoms with E-state index < -0.39 is 18.0 Å². The number of carbonyl (C=O) groups is 1. The van der Waals surface area contributed by atoms with Gasteiger partial charge in [-0.1, -0.05) is 19.4 Å². The number of piperidine rings is 1. The summed E-state index contributed by atoms with van der Waals surface area (Å²) in [4.78, 5) is 12.3. The number of carbonyl (C=O) groups excluding carboxylic acids is 1. The third-order valence-electron chi connectivity index (χ3n) is 4.10. The molecule has 4 nitrogen and oxygen atoms in total. The van der Waals surface area contributed by atoms with E-state index in [1.54, 1.807) is 12.1 Å². The van der Waals surface area contributed by atoms with Crippen molar-refractivity contribution in [3.8, 4) is 5.75 Å². The molecular weight excluding hydrogens is 321 g/mol. The van der Waals surface area contributed by atoms with Gasteiger partial charge < -0.3 is 15.4 Å². The van der Waals surface area contributed by atoms with Crippen LogP contribution >= 0.6 is 0 Å². The third-order valence-corrected chi connectivity index (χ3v) is 4.10. The zero-order chi connectivity index (χ0) is 17.6. The van der Waals surface area contributed by atoms with Gasteiger partial charge in [0.2, 0.25) is 0 Å². The van der Waals surface area contributed by atoms with Gasteiger partial charge in [0.15, 0.2) is 0 Å². The van der Waals surface area contributed by atoms with Crippen molar-refractivity contribution in [1.82, 2.24) is 10.6 Å². The molecule has 1 aromatic carbocycles. The average Bonchev–Trinajstić information content (AvgIpc) is 2.54. The highest BCUT2D eigenvalue weighted by Crippen LogP contribution is 2.32. The fourth-order valence-corrected chi connectivity index (χ4v) is 2.82. The first kappa shape index (κ1) is 18.6. The van der Waals surface area contributed by atoms with Gasteiger partial charge in [-0.3, -0.25) is 4.79 Å². The van der Waals surface area contributed by atoms with Gasteiger partial charge in [0.25, 0.3) is 5.91 Å². The standard InChI is InChI=1S/C17H23F3N2O2/c1-2-3-8-22-16(23)14-11-13(12-6-9-21-10-7-12)4-5-15(14)24-17(18,19)20/h4-5,11-12,21H,2-3,6-10H2,1H3,(H,22,23). The molecule has 0 bridgehead atoms. The Balaban J connectivity index is 2.24. The Bertz CT molecular complexity index is 555. The molecule has 0 spiro atoms. The predicted molar refractivity (Wildman–Crippen MR) is 85.2 cm³/mol. The van der Waals surface area contributed by atoms with Gasteiger partial charge in [-0.05, 0) is 56.0 Å². The van der Waals surface area contributed by atoms with E-state index in [2.05, 4.69) is 15.4 Å². The Kier molecular flexibility index (Phi) is 6.48. The van der Waals surface area contributed by atoms with Crippen LogP contribution in [0, 0.1) is 0 Å². The minimum Gasteiger partial charge on any atom is -0.405 e. The summed E-state index contributed by atoms with van der Waals surface area (Å²) >= 11 is 0. The first-order valence-corrected chi connectivity index (χ1v) is 8.29. The normalized spacial score (nSPS) is 16.0. The summed E-state index contributed by atoms with van der Waals surface area (Å²) in [5, 5.41) is 5.90. The highest BCUT2D eigenvalue weighted by atomic mass is 19.4. The molecular formula is C17H23F3N2O2. The number of nitrogens with one attached hydrogen (secondary N) is 2. The van der Waals surface area contributed by atoms with Crippen LogP contribution < -0.4 is 15.4 Å². The van der Waals surface area contributed by atoms with E-state index in [0.29, 0.717) is 6.54 Å². The van der Waals surface area contributed by atoms with Crippen LogP contribution in [-0.4, -0.2) is 31.9 Å². The molecule has 0 unspecified atom stereocenters.